The SMILES string of the molecule is CC(C)CC1(C(N)c2cc3ccccc3o2)CCCC1. The van der Waals surface area contributed by atoms with Crippen molar-refractivity contribution in [1.29, 1.82) is 0 Å². The van der Waals surface area contributed by atoms with Gasteiger partial charge in [-0.3, -0.25) is 0 Å². The number of benzene rings is 1. The molecule has 2 nitrogen and oxygen atoms in total. The highest BCUT2D eigenvalue weighted by molar-refractivity contribution is 5.77. The average molecular weight is 271 g/mol. The number of fused-ring (bicyclic) bond motifs is 1. The van der Waals surface area contributed by atoms with Crippen molar-refractivity contribution in [2.45, 2.75) is 52.0 Å². The second kappa shape index (κ2) is 5.25. The Morgan fingerprint density at radius 2 is 1.90 bits per heavy atom. The van der Waals surface area contributed by atoms with E-state index in [1.165, 1.54) is 32.1 Å². The third-order valence-electron chi connectivity index (χ3n) is 4.82. The fourth-order valence-corrected chi connectivity index (χ4v) is 3.99. The van der Waals surface area contributed by atoms with Crippen LogP contribution in [0, 0.1) is 11.3 Å². The van der Waals surface area contributed by atoms with Crippen LogP contribution < -0.4 is 5.73 Å². The molecule has 2 aromatic rings. The van der Waals surface area contributed by atoms with Gasteiger partial charge < -0.3 is 10.2 Å². The van der Waals surface area contributed by atoms with Crippen molar-refractivity contribution in [3.63, 3.8) is 0 Å². The Hall–Kier alpha value is -1.28. The summed E-state index contributed by atoms with van der Waals surface area (Å²) in [5.41, 5.74) is 7.85. The zero-order valence-electron chi connectivity index (χ0n) is 12.6. The van der Waals surface area contributed by atoms with Gasteiger partial charge in [0.05, 0.1) is 6.04 Å². The van der Waals surface area contributed by atoms with Gasteiger partial charge in [-0.25, -0.2) is 0 Å². The van der Waals surface area contributed by atoms with Gasteiger partial charge in [0.1, 0.15) is 11.3 Å². The Balaban J connectivity index is 1.94. The van der Waals surface area contributed by atoms with Gasteiger partial charge in [-0.15, -0.1) is 0 Å². The van der Waals surface area contributed by atoms with E-state index in [0.29, 0.717) is 5.92 Å². The number of hydrogen-bond acceptors (Lipinski definition) is 2. The lowest BCUT2D eigenvalue weighted by atomic mass is 9.72. The molecule has 1 saturated carbocycles. The highest BCUT2D eigenvalue weighted by atomic mass is 16.3. The van der Waals surface area contributed by atoms with Crippen molar-refractivity contribution in [3.8, 4) is 0 Å². The molecule has 1 heterocycles. The molecule has 1 atom stereocenters. The number of rotatable bonds is 4. The Labute approximate surface area is 121 Å². The van der Waals surface area contributed by atoms with Gasteiger partial charge in [0.25, 0.3) is 0 Å². The van der Waals surface area contributed by atoms with Gasteiger partial charge in [0, 0.05) is 5.39 Å². The molecule has 20 heavy (non-hydrogen) atoms. The molecule has 1 aliphatic rings. The minimum atomic E-state index is 0.0276. The lowest BCUT2D eigenvalue weighted by Gasteiger charge is -2.35. The molecule has 0 amide bonds. The van der Waals surface area contributed by atoms with E-state index in [-0.39, 0.29) is 11.5 Å². The maximum atomic E-state index is 6.65. The van der Waals surface area contributed by atoms with Crippen molar-refractivity contribution in [3.05, 3.63) is 36.1 Å². The quantitative estimate of drug-likeness (QED) is 0.846. The summed E-state index contributed by atoms with van der Waals surface area (Å²) in [6.07, 6.45) is 6.29. The molecule has 0 aliphatic heterocycles. The lowest BCUT2D eigenvalue weighted by molar-refractivity contribution is 0.168. The van der Waals surface area contributed by atoms with Crippen LogP contribution in [-0.2, 0) is 0 Å². The summed E-state index contributed by atoms with van der Waals surface area (Å²) in [6, 6.07) is 10.3. The van der Waals surface area contributed by atoms with Crippen LogP contribution in [0.5, 0.6) is 0 Å². The summed E-state index contributed by atoms with van der Waals surface area (Å²) in [7, 11) is 0. The molecule has 0 radical (unpaired) electrons. The first-order chi connectivity index (χ1) is 9.61. The van der Waals surface area contributed by atoms with Gasteiger partial charge in [0.2, 0.25) is 0 Å². The van der Waals surface area contributed by atoms with E-state index >= 15 is 0 Å². The number of para-hydroxylation sites is 1. The lowest BCUT2D eigenvalue weighted by Crippen LogP contribution is -2.33. The summed E-state index contributed by atoms with van der Waals surface area (Å²) < 4.78 is 6.02. The van der Waals surface area contributed by atoms with Gasteiger partial charge in [-0.2, -0.15) is 0 Å². The van der Waals surface area contributed by atoms with Crippen LogP contribution in [0.3, 0.4) is 0 Å². The molecule has 0 saturated heterocycles. The van der Waals surface area contributed by atoms with E-state index in [1.807, 2.05) is 18.2 Å². The zero-order valence-corrected chi connectivity index (χ0v) is 12.6. The van der Waals surface area contributed by atoms with Crippen LogP contribution >= 0.6 is 0 Å². The highest BCUT2D eigenvalue weighted by Crippen LogP contribution is 2.51. The molecule has 0 bridgehead atoms. The Morgan fingerprint density at radius 1 is 1.20 bits per heavy atom. The molecule has 2 N–H and O–H groups in total. The maximum Gasteiger partial charge on any atom is 0.134 e. The topological polar surface area (TPSA) is 39.2 Å². The van der Waals surface area contributed by atoms with Crippen LogP contribution in [0.25, 0.3) is 11.0 Å². The average Bonchev–Trinajstić information content (AvgIpc) is 3.03. The van der Waals surface area contributed by atoms with Gasteiger partial charge in [0.15, 0.2) is 0 Å². The molecule has 108 valence electrons. The van der Waals surface area contributed by atoms with E-state index < -0.39 is 0 Å². The first-order valence-electron chi connectivity index (χ1n) is 7.85. The standard InChI is InChI=1S/C18H25NO/c1-13(2)12-18(9-5-6-10-18)17(19)16-11-14-7-3-4-8-15(14)20-16/h3-4,7-8,11,13,17H,5-6,9-10,12,19H2,1-2H3. The summed E-state index contributed by atoms with van der Waals surface area (Å²) in [4.78, 5) is 0. The van der Waals surface area contributed by atoms with Crippen LogP contribution in [0.4, 0.5) is 0 Å². The maximum absolute atomic E-state index is 6.65. The third-order valence-corrected chi connectivity index (χ3v) is 4.82. The fourth-order valence-electron chi connectivity index (χ4n) is 3.99. The number of nitrogens with two attached hydrogens (primary N) is 1. The fraction of sp³-hybridized carbons (Fsp3) is 0.556. The van der Waals surface area contributed by atoms with Crippen LogP contribution in [0.1, 0.15) is 57.8 Å². The minimum absolute atomic E-state index is 0.0276. The normalized spacial score (nSPS) is 19.8. The molecule has 1 aliphatic carbocycles. The Morgan fingerprint density at radius 3 is 2.55 bits per heavy atom. The highest BCUT2D eigenvalue weighted by Gasteiger charge is 2.41. The predicted molar refractivity (Wildman–Crippen MR) is 83.5 cm³/mol. The smallest absolute Gasteiger partial charge is 0.134 e. The van der Waals surface area contributed by atoms with Crippen LogP contribution in [-0.4, -0.2) is 0 Å². The van der Waals surface area contributed by atoms with Crippen LogP contribution in [0.2, 0.25) is 0 Å². The van der Waals surface area contributed by atoms with Crippen molar-refractivity contribution in [2.75, 3.05) is 0 Å². The van der Waals surface area contributed by atoms with E-state index in [0.717, 1.165) is 16.7 Å². The molecule has 1 aromatic heterocycles. The molecule has 1 aromatic carbocycles. The van der Waals surface area contributed by atoms with Gasteiger partial charge in [-0.05, 0) is 42.7 Å². The molecule has 1 unspecified atom stereocenters. The van der Waals surface area contributed by atoms with E-state index in [2.05, 4.69) is 26.0 Å². The molecule has 2 heteroatoms. The Bertz CT molecular complexity index is 545. The summed E-state index contributed by atoms with van der Waals surface area (Å²) in [5.74, 6) is 1.65. The minimum Gasteiger partial charge on any atom is -0.459 e. The van der Waals surface area contributed by atoms with Crippen molar-refractivity contribution in [2.24, 2.45) is 17.1 Å². The van der Waals surface area contributed by atoms with Gasteiger partial charge in [-0.1, -0.05) is 44.9 Å². The number of furan rings is 1. The van der Waals surface area contributed by atoms with Gasteiger partial charge >= 0.3 is 0 Å². The number of hydrogen-bond donors (Lipinski definition) is 1. The first kappa shape index (κ1) is 13.7. The largest absolute Gasteiger partial charge is 0.459 e. The predicted octanol–water partition coefficient (Wildman–Crippen LogP) is 5.04. The molecular weight excluding hydrogens is 246 g/mol. The molecule has 0 spiro atoms. The second-order valence-electron chi connectivity index (χ2n) is 6.83. The summed E-state index contributed by atoms with van der Waals surface area (Å²) in [5, 5.41) is 1.16. The van der Waals surface area contributed by atoms with E-state index in [9.17, 15) is 0 Å². The van der Waals surface area contributed by atoms with E-state index in [4.69, 9.17) is 10.2 Å². The third kappa shape index (κ3) is 2.37. The molecular formula is C18H25NO. The second-order valence-corrected chi connectivity index (χ2v) is 6.83. The zero-order chi connectivity index (χ0) is 14.2. The Kier molecular flexibility index (Phi) is 3.59. The summed E-state index contributed by atoms with van der Waals surface area (Å²) >= 11 is 0. The van der Waals surface area contributed by atoms with Crippen molar-refractivity contribution >= 4 is 11.0 Å². The first-order valence-corrected chi connectivity index (χ1v) is 7.85. The molecule has 3 rings (SSSR count). The van der Waals surface area contributed by atoms with E-state index in [1.54, 1.807) is 0 Å². The summed E-state index contributed by atoms with van der Waals surface area (Å²) in [6.45, 7) is 4.59. The van der Waals surface area contributed by atoms with Crippen LogP contribution in [0.15, 0.2) is 34.7 Å². The monoisotopic (exact) mass is 271 g/mol. The molecule has 1 fully saturated rings. The van der Waals surface area contributed by atoms with Crippen molar-refractivity contribution in [1.82, 2.24) is 0 Å². The van der Waals surface area contributed by atoms with Crippen molar-refractivity contribution < 1.29 is 4.42 Å².